The number of hydrogen-bond acceptors (Lipinski definition) is 6. The van der Waals surface area contributed by atoms with Gasteiger partial charge in [-0.15, -0.1) is 0 Å². The molecule has 2 aromatic rings. The van der Waals surface area contributed by atoms with Crippen molar-refractivity contribution in [3.8, 4) is 11.5 Å². The number of ketones is 1. The second-order valence-electron chi connectivity index (χ2n) is 6.61. The van der Waals surface area contributed by atoms with Crippen LogP contribution in [0.2, 0.25) is 0 Å². The second-order valence-corrected chi connectivity index (χ2v) is 6.61. The first-order valence-corrected chi connectivity index (χ1v) is 9.12. The molecule has 2 aliphatic heterocycles. The van der Waals surface area contributed by atoms with Crippen LogP contribution in [0.4, 0.5) is 0 Å². The second kappa shape index (κ2) is 7.81. The lowest BCUT2D eigenvalue weighted by atomic mass is 9.95. The zero-order chi connectivity index (χ0) is 20.4. The summed E-state index contributed by atoms with van der Waals surface area (Å²) in [6, 6.07) is 13.5. The largest absolute Gasteiger partial charge is 0.503 e. The Labute approximate surface area is 167 Å². The minimum atomic E-state index is -0.836. The van der Waals surface area contributed by atoms with Gasteiger partial charge >= 0.3 is 0 Å². The van der Waals surface area contributed by atoms with Crippen molar-refractivity contribution in [3.63, 3.8) is 0 Å². The van der Waals surface area contributed by atoms with Crippen molar-refractivity contribution < 1.29 is 29.3 Å². The smallest absolute Gasteiger partial charge is 0.290 e. The molecule has 0 spiro atoms. The van der Waals surface area contributed by atoms with Gasteiger partial charge in [0.2, 0.25) is 6.79 Å². The third kappa shape index (κ3) is 3.48. The van der Waals surface area contributed by atoms with Crippen LogP contribution in [0.1, 0.15) is 17.2 Å². The number of aliphatic hydroxyl groups is 2. The Morgan fingerprint density at radius 1 is 1.14 bits per heavy atom. The number of allylic oxidation sites excluding steroid dienone is 1. The van der Waals surface area contributed by atoms with E-state index < -0.39 is 23.5 Å². The van der Waals surface area contributed by atoms with Gasteiger partial charge in [-0.2, -0.15) is 0 Å². The summed E-state index contributed by atoms with van der Waals surface area (Å²) in [4.78, 5) is 26.8. The van der Waals surface area contributed by atoms with Gasteiger partial charge in [-0.05, 0) is 29.3 Å². The molecular formula is C22H19NO6. The Balaban J connectivity index is 1.72. The molecule has 29 heavy (non-hydrogen) atoms. The van der Waals surface area contributed by atoms with Crippen molar-refractivity contribution in [1.29, 1.82) is 0 Å². The number of hydrogen-bond donors (Lipinski definition) is 2. The highest BCUT2D eigenvalue weighted by Crippen LogP contribution is 2.41. The number of nitrogens with zero attached hydrogens (tertiary/aromatic N) is 1. The molecule has 4 rings (SSSR count). The normalized spacial score (nSPS) is 18.2. The monoisotopic (exact) mass is 393 g/mol. The zero-order valence-electron chi connectivity index (χ0n) is 15.4. The fourth-order valence-electron chi connectivity index (χ4n) is 3.50. The van der Waals surface area contributed by atoms with Gasteiger partial charge < -0.3 is 24.6 Å². The van der Waals surface area contributed by atoms with Crippen LogP contribution < -0.4 is 9.47 Å². The van der Waals surface area contributed by atoms with Gasteiger partial charge in [-0.1, -0.05) is 42.5 Å². The van der Waals surface area contributed by atoms with Crippen LogP contribution in [0.25, 0.3) is 6.08 Å². The van der Waals surface area contributed by atoms with Gasteiger partial charge in [-0.3, -0.25) is 9.59 Å². The van der Waals surface area contributed by atoms with Crippen molar-refractivity contribution in [2.45, 2.75) is 6.04 Å². The number of aliphatic hydroxyl groups excluding tert-OH is 2. The molecule has 148 valence electrons. The molecule has 2 heterocycles. The van der Waals surface area contributed by atoms with Gasteiger partial charge in [0, 0.05) is 6.54 Å². The van der Waals surface area contributed by atoms with Crippen LogP contribution in [-0.4, -0.2) is 46.7 Å². The van der Waals surface area contributed by atoms with E-state index in [0.717, 1.165) is 5.56 Å². The van der Waals surface area contributed by atoms with Crippen molar-refractivity contribution >= 4 is 17.8 Å². The minimum Gasteiger partial charge on any atom is -0.503 e. The van der Waals surface area contributed by atoms with Crippen molar-refractivity contribution in [1.82, 2.24) is 4.90 Å². The summed E-state index contributed by atoms with van der Waals surface area (Å²) in [5.74, 6) is -0.724. The molecule has 2 aromatic carbocycles. The molecule has 0 saturated heterocycles. The maximum atomic E-state index is 12.9. The van der Waals surface area contributed by atoms with Crippen molar-refractivity contribution in [2.24, 2.45) is 0 Å². The highest BCUT2D eigenvalue weighted by molar-refractivity contribution is 6.14. The third-order valence-electron chi connectivity index (χ3n) is 4.85. The average Bonchev–Trinajstić information content (AvgIpc) is 3.30. The number of carbonyl (C=O) groups excluding carboxylic acids is 2. The molecule has 1 atom stereocenters. The Hall–Kier alpha value is -3.58. The fourth-order valence-corrected chi connectivity index (χ4v) is 3.50. The quantitative estimate of drug-likeness (QED) is 0.732. The number of benzene rings is 2. The summed E-state index contributed by atoms with van der Waals surface area (Å²) < 4.78 is 10.7. The number of rotatable bonds is 6. The lowest BCUT2D eigenvalue weighted by Crippen LogP contribution is -2.33. The molecule has 0 fully saturated rings. The van der Waals surface area contributed by atoms with Gasteiger partial charge in [-0.25, -0.2) is 0 Å². The first-order chi connectivity index (χ1) is 14.1. The SMILES string of the molecule is O=C(/C=C/c1ccccc1)C1=C(O)C(=O)N(CCO)C1c1ccc2c(c1)OCO2. The topological polar surface area (TPSA) is 96.3 Å². The molecule has 0 aromatic heterocycles. The number of ether oxygens (including phenoxy) is 2. The highest BCUT2D eigenvalue weighted by Gasteiger charge is 2.43. The number of fused-ring (bicyclic) bond motifs is 1. The number of carbonyl (C=O) groups is 2. The van der Waals surface area contributed by atoms with E-state index in [1.54, 1.807) is 24.3 Å². The van der Waals surface area contributed by atoms with Crippen LogP contribution in [0.3, 0.4) is 0 Å². The van der Waals surface area contributed by atoms with E-state index in [1.807, 2.05) is 30.3 Å². The van der Waals surface area contributed by atoms with Crippen molar-refractivity contribution in [2.75, 3.05) is 19.9 Å². The van der Waals surface area contributed by atoms with E-state index in [1.165, 1.54) is 11.0 Å². The predicted molar refractivity (Wildman–Crippen MR) is 104 cm³/mol. The molecule has 0 radical (unpaired) electrons. The molecule has 2 aliphatic rings. The number of amides is 1. The molecule has 7 heteroatoms. The van der Waals surface area contributed by atoms with E-state index >= 15 is 0 Å². The molecule has 1 unspecified atom stereocenters. The summed E-state index contributed by atoms with van der Waals surface area (Å²) in [6.07, 6.45) is 2.95. The maximum Gasteiger partial charge on any atom is 0.290 e. The Kier molecular flexibility index (Phi) is 5.05. The summed E-state index contributed by atoms with van der Waals surface area (Å²) >= 11 is 0. The van der Waals surface area contributed by atoms with Gasteiger partial charge in [0.05, 0.1) is 18.2 Å². The fraction of sp³-hybridized carbons (Fsp3) is 0.182. The van der Waals surface area contributed by atoms with Gasteiger partial charge in [0.25, 0.3) is 5.91 Å². The predicted octanol–water partition coefficient (Wildman–Crippen LogP) is 2.39. The average molecular weight is 393 g/mol. The molecule has 0 bridgehead atoms. The van der Waals surface area contributed by atoms with E-state index in [-0.39, 0.29) is 25.5 Å². The van der Waals surface area contributed by atoms with Crippen LogP contribution in [-0.2, 0) is 9.59 Å². The molecule has 7 nitrogen and oxygen atoms in total. The van der Waals surface area contributed by atoms with Crippen LogP contribution in [0, 0.1) is 0 Å². The van der Waals surface area contributed by atoms with E-state index in [4.69, 9.17) is 9.47 Å². The lowest BCUT2D eigenvalue weighted by Gasteiger charge is -2.26. The van der Waals surface area contributed by atoms with Gasteiger partial charge in [0.1, 0.15) is 0 Å². The molecule has 0 saturated carbocycles. The van der Waals surface area contributed by atoms with E-state index in [9.17, 15) is 19.8 Å². The summed E-state index contributed by atoms with van der Waals surface area (Å²) in [5, 5.41) is 19.8. The van der Waals surface area contributed by atoms with Crippen LogP contribution >= 0.6 is 0 Å². The maximum absolute atomic E-state index is 12.9. The van der Waals surface area contributed by atoms with Crippen LogP contribution in [0.15, 0.2) is 65.9 Å². The molecule has 1 amide bonds. The minimum absolute atomic E-state index is 0.0266. The van der Waals surface area contributed by atoms with Crippen molar-refractivity contribution in [3.05, 3.63) is 77.1 Å². The highest BCUT2D eigenvalue weighted by atomic mass is 16.7. The molecule has 0 aliphatic carbocycles. The van der Waals surface area contributed by atoms with Gasteiger partial charge in [0.15, 0.2) is 23.0 Å². The summed E-state index contributed by atoms with van der Waals surface area (Å²) in [5.41, 5.74) is 1.36. The standard InChI is InChI=1S/C22H19NO6/c24-11-10-23-20(15-7-9-17-18(12-15)29-13-28-17)19(21(26)22(23)27)16(25)8-6-14-4-2-1-3-5-14/h1-9,12,20,24,26H,10-11,13H2/b8-6+. The summed E-state index contributed by atoms with van der Waals surface area (Å²) in [6.45, 7) is -0.238. The summed E-state index contributed by atoms with van der Waals surface area (Å²) in [7, 11) is 0. The lowest BCUT2D eigenvalue weighted by molar-refractivity contribution is -0.129. The Morgan fingerprint density at radius 3 is 2.66 bits per heavy atom. The number of β-amino-alcohol motifs (C(OH)–C–C–N with tert-alkyl or cyclic N) is 1. The first kappa shape index (κ1) is 18.8. The Morgan fingerprint density at radius 2 is 1.90 bits per heavy atom. The van der Waals surface area contributed by atoms with E-state index in [2.05, 4.69) is 0 Å². The first-order valence-electron chi connectivity index (χ1n) is 9.12. The van der Waals surface area contributed by atoms with E-state index in [0.29, 0.717) is 17.1 Å². The zero-order valence-corrected chi connectivity index (χ0v) is 15.4. The molecular weight excluding hydrogens is 374 g/mol. The molecule has 2 N–H and O–H groups in total. The Bertz CT molecular complexity index is 1010. The van der Waals surface area contributed by atoms with Crippen LogP contribution in [0.5, 0.6) is 11.5 Å². The third-order valence-corrected chi connectivity index (χ3v) is 4.85.